The average molecular weight is 660 g/mol. The number of aryl methyl sites for hydroxylation is 4. The van der Waals surface area contributed by atoms with Gasteiger partial charge in [0.1, 0.15) is 22.8 Å². The Balaban J connectivity index is 1.18. The van der Waals surface area contributed by atoms with E-state index in [0.717, 1.165) is 60.8 Å². The fraction of sp³-hybridized carbons (Fsp3) is 0.0889. The number of imidazole rings is 2. The predicted octanol–water partition coefficient (Wildman–Crippen LogP) is 11.3. The zero-order chi connectivity index (χ0) is 34.4. The monoisotopic (exact) mass is 659 g/mol. The first-order valence-corrected chi connectivity index (χ1v) is 17.2. The smallest absolute Gasteiger partial charge is 0.145 e. The van der Waals surface area contributed by atoms with Gasteiger partial charge in [-0.3, -0.25) is 13.8 Å². The summed E-state index contributed by atoms with van der Waals surface area (Å²) in [4.78, 5) is 13.9. The molecule has 0 atom stereocenters. The van der Waals surface area contributed by atoms with E-state index in [1.54, 1.807) is 0 Å². The Morgan fingerprint density at radius 3 is 1.59 bits per heavy atom. The van der Waals surface area contributed by atoms with Crippen LogP contribution in [0.25, 0.3) is 76.9 Å². The number of rotatable bonds is 4. The third-order valence-electron chi connectivity index (χ3n) is 10.5. The van der Waals surface area contributed by atoms with Crippen LogP contribution in [-0.2, 0) is 0 Å². The van der Waals surface area contributed by atoms with Gasteiger partial charge in [0.2, 0.25) is 0 Å². The minimum absolute atomic E-state index is 0.746. The quantitative estimate of drug-likeness (QED) is 0.176. The Morgan fingerprint density at radius 1 is 0.471 bits per heavy atom. The molecule has 51 heavy (non-hydrogen) atoms. The molecule has 0 aliphatic carbocycles. The Labute approximate surface area is 294 Å². The van der Waals surface area contributed by atoms with Crippen LogP contribution < -0.4 is 4.74 Å². The molecule has 0 aliphatic rings. The molecule has 0 unspecified atom stereocenters. The summed E-state index contributed by atoms with van der Waals surface area (Å²) in [5, 5.41) is 6.60. The molecule has 10 aromatic rings. The van der Waals surface area contributed by atoms with Gasteiger partial charge in [-0.25, -0.2) is 9.97 Å². The largest absolute Gasteiger partial charge is 0.457 e. The van der Waals surface area contributed by atoms with E-state index in [1.165, 1.54) is 49.9 Å². The van der Waals surface area contributed by atoms with Gasteiger partial charge in [-0.1, -0.05) is 36.4 Å². The van der Waals surface area contributed by atoms with Gasteiger partial charge >= 0.3 is 0 Å². The lowest BCUT2D eigenvalue weighted by atomic mass is 9.85. The summed E-state index contributed by atoms with van der Waals surface area (Å²) in [6.07, 6.45) is 11.5. The van der Waals surface area contributed by atoms with Crippen molar-refractivity contribution < 1.29 is 4.74 Å². The molecule has 5 aromatic carbocycles. The van der Waals surface area contributed by atoms with Crippen LogP contribution >= 0.6 is 0 Å². The third kappa shape index (κ3) is 4.39. The van der Waals surface area contributed by atoms with Crippen LogP contribution in [0.5, 0.6) is 11.5 Å². The Hall–Kier alpha value is -6.53. The molecule has 244 valence electrons. The maximum Gasteiger partial charge on any atom is 0.145 e. The van der Waals surface area contributed by atoms with E-state index in [0.29, 0.717) is 0 Å². The molecule has 10 rings (SSSR count). The summed E-state index contributed by atoms with van der Waals surface area (Å²) >= 11 is 0. The normalized spacial score (nSPS) is 11.9. The second-order valence-electron chi connectivity index (χ2n) is 13.6. The van der Waals surface area contributed by atoms with Gasteiger partial charge in [0.05, 0.1) is 17.2 Å². The summed E-state index contributed by atoms with van der Waals surface area (Å²) in [5.41, 5.74) is 14.0. The summed E-state index contributed by atoms with van der Waals surface area (Å²) in [5.74, 6) is 1.49. The predicted molar refractivity (Wildman–Crippen MR) is 208 cm³/mol. The van der Waals surface area contributed by atoms with Crippen LogP contribution in [0.2, 0.25) is 0 Å². The SMILES string of the molecule is Cc1cccc(C)c1-c1cc2c3ccc(Oc4ccc5c6ccncc6n6ccnc6c5c4)cc3c3nccn3c2cc1-c1c(C)cccc1C. The minimum atomic E-state index is 0.746. The Kier molecular flexibility index (Phi) is 6.33. The third-order valence-corrected chi connectivity index (χ3v) is 10.5. The fourth-order valence-electron chi connectivity index (χ4n) is 8.25. The van der Waals surface area contributed by atoms with Crippen LogP contribution in [0, 0.1) is 27.7 Å². The standard InChI is InChI=1S/C45H33N5O/c1-26-7-5-8-27(2)42(26)36-23-35-33-14-12-31(51-30-11-13-32-34-15-16-46-25-41(34)50-20-18-48-45(50)38(32)21-30)22-39(33)44-47-17-19-49(44)40(35)24-37(36)43-28(3)9-6-10-29(43)4/h5-25H,1-4H3. The highest BCUT2D eigenvalue weighted by atomic mass is 16.5. The van der Waals surface area contributed by atoms with E-state index >= 15 is 0 Å². The minimum Gasteiger partial charge on any atom is -0.457 e. The molecule has 0 bridgehead atoms. The topological polar surface area (TPSA) is 56.7 Å². The van der Waals surface area contributed by atoms with Gasteiger partial charge in [-0.2, -0.15) is 0 Å². The van der Waals surface area contributed by atoms with Gasteiger partial charge < -0.3 is 4.74 Å². The molecule has 0 saturated carbocycles. The van der Waals surface area contributed by atoms with E-state index in [9.17, 15) is 0 Å². The number of hydrogen-bond acceptors (Lipinski definition) is 4. The number of benzene rings is 5. The zero-order valence-electron chi connectivity index (χ0n) is 28.8. The molecule has 0 spiro atoms. The zero-order valence-corrected chi connectivity index (χ0v) is 28.8. The molecule has 5 aromatic heterocycles. The lowest BCUT2D eigenvalue weighted by Gasteiger charge is -2.20. The summed E-state index contributed by atoms with van der Waals surface area (Å²) in [6, 6.07) is 32.6. The molecule has 0 radical (unpaired) electrons. The van der Waals surface area contributed by atoms with Gasteiger partial charge in [-0.15, -0.1) is 0 Å². The molecule has 0 N–H and O–H groups in total. The lowest BCUT2D eigenvalue weighted by Crippen LogP contribution is -1.98. The molecule has 0 fully saturated rings. The summed E-state index contributed by atoms with van der Waals surface area (Å²) in [6.45, 7) is 8.85. The number of fused-ring (bicyclic) bond motifs is 12. The number of hydrogen-bond donors (Lipinski definition) is 0. The Bertz CT molecular complexity index is 3020. The van der Waals surface area contributed by atoms with Crippen LogP contribution in [0.15, 0.2) is 128 Å². The molecular weight excluding hydrogens is 627 g/mol. The van der Waals surface area contributed by atoms with Crippen LogP contribution in [-0.4, -0.2) is 23.8 Å². The van der Waals surface area contributed by atoms with Crippen LogP contribution in [0.4, 0.5) is 0 Å². The van der Waals surface area contributed by atoms with Crippen molar-refractivity contribution in [2.75, 3.05) is 0 Å². The first-order chi connectivity index (χ1) is 24.9. The van der Waals surface area contributed by atoms with E-state index in [4.69, 9.17) is 9.72 Å². The van der Waals surface area contributed by atoms with Crippen molar-refractivity contribution in [3.05, 3.63) is 150 Å². The van der Waals surface area contributed by atoms with Crippen molar-refractivity contribution in [3.8, 4) is 33.8 Å². The first kappa shape index (κ1) is 29.4. The number of aromatic nitrogens is 5. The molecule has 0 aliphatic heterocycles. The van der Waals surface area contributed by atoms with Crippen LogP contribution in [0.1, 0.15) is 22.3 Å². The molecule has 5 heterocycles. The van der Waals surface area contributed by atoms with E-state index < -0.39 is 0 Å². The van der Waals surface area contributed by atoms with Crippen molar-refractivity contribution in [3.63, 3.8) is 0 Å². The highest BCUT2D eigenvalue weighted by molar-refractivity contribution is 6.15. The molecule has 6 heteroatoms. The summed E-state index contributed by atoms with van der Waals surface area (Å²) in [7, 11) is 0. The highest BCUT2D eigenvalue weighted by Crippen LogP contribution is 2.44. The molecule has 6 nitrogen and oxygen atoms in total. The van der Waals surface area contributed by atoms with E-state index in [-0.39, 0.29) is 0 Å². The number of ether oxygens (including phenoxy) is 1. The fourth-order valence-corrected chi connectivity index (χ4v) is 8.25. The molecular formula is C45H33N5O. The van der Waals surface area contributed by atoms with E-state index in [2.05, 4.69) is 138 Å². The van der Waals surface area contributed by atoms with Gasteiger partial charge in [-0.05, 0) is 138 Å². The van der Waals surface area contributed by atoms with Crippen molar-refractivity contribution in [2.24, 2.45) is 0 Å². The van der Waals surface area contributed by atoms with Gasteiger partial charge in [0.15, 0.2) is 0 Å². The average Bonchev–Trinajstić information content (AvgIpc) is 3.84. The van der Waals surface area contributed by atoms with E-state index in [1.807, 2.05) is 37.1 Å². The maximum absolute atomic E-state index is 6.61. The highest BCUT2D eigenvalue weighted by Gasteiger charge is 2.20. The van der Waals surface area contributed by atoms with Crippen LogP contribution in [0.3, 0.4) is 0 Å². The Morgan fingerprint density at radius 2 is 1.00 bits per heavy atom. The number of pyridine rings is 3. The van der Waals surface area contributed by atoms with Crippen molar-refractivity contribution in [1.82, 2.24) is 23.8 Å². The second-order valence-corrected chi connectivity index (χ2v) is 13.6. The number of nitrogens with zero attached hydrogens (tertiary/aromatic N) is 5. The van der Waals surface area contributed by atoms with Gasteiger partial charge in [0.25, 0.3) is 0 Å². The first-order valence-electron chi connectivity index (χ1n) is 17.2. The van der Waals surface area contributed by atoms with Crippen molar-refractivity contribution in [1.29, 1.82) is 0 Å². The maximum atomic E-state index is 6.61. The summed E-state index contributed by atoms with van der Waals surface area (Å²) < 4.78 is 10.9. The molecule has 0 amide bonds. The van der Waals surface area contributed by atoms with Gasteiger partial charge in [0, 0.05) is 52.5 Å². The van der Waals surface area contributed by atoms with Crippen molar-refractivity contribution >= 4 is 54.6 Å². The van der Waals surface area contributed by atoms with Crippen molar-refractivity contribution in [2.45, 2.75) is 27.7 Å². The second kappa shape index (κ2) is 11.0. The lowest BCUT2D eigenvalue weighted by molar-refractivity contribution is 0.484. The molecule has 0 saturated heterocycles.